The molecule has 0 saturated carbocycles. The number of aryl methyl sites for hydroxylation is 1. The van der Waals surface area contributed by atoms with Crippen molar-refractivity contribution in [1.82, 2.24) is 24.4 Å². The third-order valence-electron chi connectivity index (χ3n) is 5.75. The maximum Gasteiger partial charge on any atom is 0.254 e. The molecule has 3 aromatic carbocycles. The van der Waals surface area contributed by atoms with Crippen molar-refractivity contribution in [2.24, 2.45) is 0 Å². The van der Waals surface area contributed by atoms with Crippen molar-refractivity contribution in [2.45, 2.75) is 19.0 Å². The van der Waals surface area contributed by atoms with E-state index in [4.69, 9.17) is 4.98 Å². The van der Waals surface area contributed by atoms with Crippen LogP contribution in [0.4, 0.5) is 0 Å². The zero-order valence-corrected chi connectivity index (χ0v) is 18.2. The number of aromatic nitrogens is 4. The summed E-state index contributed by atoms with van der Waals surface area (Å²) in [5.41, 5.74) is 3.53. The number of nitrogens with zero attached hydrogens (tertiary/aromatic N) is 4. The number of hydrogen-bond acceptors (Lipinski definition) is 3. The Hall–Kier alpha value is -4.19. The summed E-state index contributed by atoms with van der Waals surface area (Å²) >= 11 is 0. The predicted molar refractivity (Wildman–Crippen MR) is 129 cm³/mol. The van der Waals surface area contributed by atoms with E-state index < -0.39 is 0 Å². The molecular weight excluding hydrogens is 410 g/mol. The second-order valence-electron chi connectivity index (χ2n) is 7.97. The van der Waals surface area contributed by atoms with Crippen molar-refractivity contribution in [3.05, 3.63) is 121 Å². The highest BCUT2D eigenvalue weighted by atomic mass is 16.2. The van der Waals surface area contributed by atoms with Crippen LogP contribution in [-0.2, 0) is 6.54 Å². The van der Waals surface area contributed by atoms with Crippen LogP contribution in [0.1, 0.15) is 34.2 Å². The first-order chi connectivity index (χ1) is 16.3. The number of imidazole rings is 2. The summed E-state index contributed by atoms with van der Waals surface area (Å²) in [6, 6.07) is 27.2. The topological polar surface area (TPSA) is 66.8 Å². The Kier molecular flexibility index (Phi) is 5.97. The molecule has 1 amide bonds. The number of hydrogen-bond donors (Lipinski definition) is 1. The third kappa shape index (κ3) is 4.55. The van der Waals surface area contributed by atoms with E-state index >= 15 is 0 Å². The molecule has 5 aromatic rings. The van der Waals surface area contributed by atoms with Gasteiger partial charge in [-0.05, 0) is 36.2 Å². The lowest BCUT2D eigenvalue weighted by molar-refractivity contribution is 0.0695. The van der Waals surface area contributed by atoms with Gasteiger partial charge in [0.15, 0.2) is 0 Å². The first kappa shape index (κ1) is 20.7. The molecule has 0 aliphatic carbocycles. The second-order valence-corrected chi connectivity index (χ2v) is 7.97. The lowest BCUT2D eigenvalue weighted by Gasteiger charge is -2.31. The Balaban J connectivity index is 1.56. The molecule has 164 valence electrons. The van der Waals surface area contributed by atoms with Crippen LogP contribution in [0.2, 0.25) is 0 Å². The number of para-hydroxylation sites is 2. The average molecular weight is 436 g/mol. The number of carbonyl (C=O) groups excluding carboxylic acids is 1. The fourth-order valence-corrected chi connectivity index (χ4v) is 4.16. The first-order valence-electron chi connectivity index (χ1n) is 11.1. The maximum atomic E-state index is 13.8. The molecule has 6 nitrogen and oxygen atoms in total. The molecule has 2 heterocycles. The van der Waals surface area contributed by atoms with Crippen LogP contribution in [0, 0.1) is 0 Å². The van der Waals surface area contributed by atoms with Gasteiger partial charge in [0, 0.05) is 31.0 Å². The normalized spacial score (nSPS) is 12.0. The third-order valence-corrected chi connectivity index (χ3v) is 5.75. The van der Waals surface area contributed by atoms with Crippen LogP contribution in [0.5, 0.6) is 0 Å². The molecule has 0 radical (unpaired) electrons. The average Bonchev–Trinajstić information content (AvgIpc) is 3.54. The van der Waals surface area contributed by atoms with Crippen molar-refractivity contribution < 1.29 is 4.79 Å². The molecule has 1 unspecified atom stereocenters. The van der Waals surface area contributed by atoms with Crippen molar-refractivity contribution in [1.29, 1.82) is 0 Å². The predicted octanol–water partition coefficient (Wildman–Crippen LogP) is 5.08. The minimum absolute atomic E-state index is 0.0180. The van der Waals surface area contributed by atoms with Gasteiger partial charge in [0.25, 0.3) is 5.91 Å². The lowest BCUT2D eigenvalue weighted by Crippen LogP contribution is -2.37. The molecule has 0 aliphatic heterocycles. The highest BCUT2D eigenvalue weighted by Crippen LogP contribution is 2.30. The van der Waals surface area contributed by atoms with E-state index in [9.17, 15) is 4.79 Å². The molecule has 5 rings (SSSR count). The highest BCUT2D eigenvalue weighted by molar-refractivity contribution is 5.94. The first-order valence-corrected chi connectivity index (χ1v) is 11.1. The van der Waals surface area contributed by atoms with Gasteiger partial charge < -0.3 is 14.5 Å². The van der Waals surface area contributed by atoms with Crippen molar-refractivity contribution >= 4 is 16.9 Å². The van der Waals surface area contributed by atoms with Crippen LogP contribution in [-0.4, -0.2) is 36.9 Å². The number of aromatic amines is 1. The van der Waals surface area contributed by atoms with Crippen molar-refractivity contribution in [3.8, 4) is 0 Å². The molecule has 2 aromatic heterocycles. The summed E-state index contributed by atoms with van der Waals surface area (Å²) in [6.07, 6.45) is 6.31. The summed E-state index contributed by atoms with van der Waals surface area (Å²) in [5, 5.41) is 0. The van der Waals surface area contributed by atoms with Gasteiger partial charge in [0.05, 0.1) is 17.4 Å². The number of amides is 1. The van der Waals surface area contributed by atoms with E-state index in [1.54, 1.807) is 12.5 Å². The van der Waals surface area contributed by atoms with E-state index in [1.165, 1.54) is 0 Å². The maximum absolute atomic E-state index is 13.8. The molecule has 0 spiro atoms. The zero-order valence-electron chi connectivity index (χ0n) is 18.2. The molecule has 1 atom stereocenters. The van der Waals surface area contributed by atoms with Crippen LogP contribution < -0.4 is 0 Å². The number of rotatable bonds is 8. The number of fused-ring (bicyclic) bond motifs is 1. The minimum atomic E-state index is -0.339. The van der Waals surface area contributed by atoms with E-state index in [2.05, 4.69) is 22.1 Å². The number of carbonyl (C=O) groups is 1. The zero-order chi connectivity index (χ0) is 22.5. The molecule has 0 saturated heterocycles. The summed E-state index contributed by atoms with van der Waals surface area (Å²) in [5.74, 6) is 0.741. The summed E-state index contributed by atoms with van der Waals surface area (Å²) < 4.78 is 2.03. The number of benzene rings is 3. The van der Waals surface area contributed by atoms with Crippen molar-refractivity contribution in [3.63, 3.8) is 0 Å². The molecule has 1 N–H and O–H groups in total. The Labute approximate surface area is 192 Å². The van der Waals surface area contributed by atoms with E-state index in [1.807, 2.05) is 88.5 Å². The van der Waals surface area contributed by atoms with E-state index in [0.717, 1.165) is 35.4 Å². The van der Waals surface area contributed by atoms with Gasteiger partial charge in [0.1, 0.15) is 11.9 Å². The minimum Gasteiger partial charge on any atom is -0.340 e. The Morgan fingerprint density at radius 1 is 0.939 bits per heavy atom. The van der Waals surface area contributed by atoms with Gasteiger partial charge >= 0.3 is 0 Å². The van der Waals surface area contributed by atoms with Gasteiger partial charge in [0.2, 0.25) is 0 Å². The van der Waals surface area contributed by atoms with E-state index in [-0.39, 0.29) is 11.9 Å². The Morgan fingerprint density at radius 3 is 2.39 bits per heavy atom. The van der Waals surface area contributed by atoms with Crippen LogP contribution >= 0.6 is 0 Å². The summed E-state index contributed by atoms with van der Waals surface area (Å²) in [6.45, 7) is 1.35. The van der Waals surface area contributed by atoms with Gasteiger partial charge in [-0.15, -0.1) is 0 Å². The molecular formula is C27H25N5O. The standard InChI is InChI=1S/C27H25N5O/c33-27(22-12-5-2-6-13-22)32(18-9-17-31-19-16-28-20-31)25(21-10-3-1-4-11-21)26-29-23-14-7-8-15-24(23)30-26/h1-8,10-16,19-20,25H,9,17-18H2,(H,29,30). The molecule has 0 aliphatic rings. The van der Waals surface area contributed by atoms with Crippen LogP contribution in [0.3, 0.4) is 0 Å². The fraction of sp³-hybridized carbons (Fsp3) is 0.148. The van der Waals surface area contributed by atoms with E-state index in [0.29, 0.717) is 12.1 Å². The monoisotopic (exact) mass is 435 g/mol. The smallest absolute Gasteiger partial charge is 0.254 e. The number of H-pyrrole nitrogens is 1. The van der Waals surface area contributed by atoms with Gasteiger partial charge in [-0.25, -0.2) is 9.97 Å². The van der Waals surface area contributed by atoms with Gasteiger partial charge in [-0.1, -0.05) is 60.7 Å². The largest absolute Gasteiger partial charge is 0.340 e. The van der Waals surface area contributed by atoms with Gasteiger partial charge in [-0.3, -0.25) is 4.79 Å². The molecule has 0 bridgehead atoms. The van der Waals surface area contributed by atoms with Gasteiger partial charge in [-0.2, -0.15) is 0 Å². The molecule has 6 heteroatoms. The SMILES string of the molecule is O=C(c1ccccc1)N(CCCn1ccnc1)C(c1ccccc1)c1nc2ccccc2[nH]1. The Bertz CT molecular complexity index is 1280. The fourth-order valence-electron chi connectivity index (χ4n) is 4.16. The summed E-state index contributed by atoms with van der Waals surface area (Å²) in [7, 11) is 0. The van der Waals surface area contributed by atoms with Crippen LogP contribution in [0.25, 0.3) is 11.0 Å². The summed E-state index contributed by atoms with van der Waals surface area (Å²) in [4.78, 5) is 28.2. The molecule has 0 fully saturated rings. The number of nitrogens with one attached hydrogen (secondary N) is 1. The Morgan fingerprint density at radius 2 is 1.67 bits per heavy atom. The molecule has 33 heavy (non-hydrogen) atoms. The quantitative estimate of drug-likeness (QED) is 0.370. The van der Waals surface area contributed by atoms with Crippen molar-refractivity contribution in [2.75, 3.05) is 6.54 Å². The van der Waals surface area contributed by atoms with Crippen LogP contribution in [0.15, 0.2) is 104 Å². The lowest BCUT2D eigenvalue weighted by atomic mass is 10.0. The highest BCUT2D eigenvalue weighted by Gasteiger charge is 2.29. The second kappa shape index (κ2) is 9.53.